The molecule has 0 heterocycles. The zero-order chi connectivity index (χ0) is 19.5. The lowest BCUT2D eigenvalue weighted by molar-refractivity contribution is -0.137. The number of halogens is 3. The summed E-state index contributed by atoms with van der Waals surface area (Å²) in [5.41, 5.74) is 0. The fraction of sp³-hybridized carbons (Fsp3) is 0.850. The predicted molar refractivity (Wildman–Crippen MR) is 128 cm³/mol. The second kappa shape index (κ2) is 19.2. The lowest BCUT2D eigenvalue weighted by Gasteiger charge is -2.08. The Bertz CT molecular complexity index is 346. The first-order valence-corrected chi connectivity index (χ1v) is 19.3. The van der Waals surface area contributed by atoms with E-state index in [1.807, 2.05) is 0 Å². The SMILES string of the molecule is C=CC(=O)OCCCCCCCCCCCCCCCCC[Si](Br)(Br)Br. The Morgan fingerprint density at radius 2 is 1.04 bits per heavy atom. The third kappa shape index (κ3) is 22.9. The molecule has 0 aromatic heterocycles. The van der Waals surface area contributed by atoms with Gasteiger partial charge in [0.2, 0.25) is 0 Å². The van der Waals surface area contributed by atoms with Gasteiger partial charge in [0.05, 0.1) is 6.61 Å². The number of hydrogen-bond donors (Lipinski definition) is 0. The Morgan fingerprint density at radius 3 is 1.38 bits per heavy atom. The molecule has 0 aliphatic rings. The summed E-state index contributed by atoms with van der Waals surface area (Å²) in [7, 11) is 0. The molecule has 0 amide bonds. The van der Waals surface area contributed by atoms with Crippen LogP contribution >= 0.6 is 45.9 Å². The number of esters is 1. The highest BCUT2D eigenvalue weighted by atomic mass is 80.0. The first-order valence-electron chi connectivity index (χ1n) is 10.3. The third-order valence-corrected chi connectivity index (χ3v) is 9.00. The van der Waals surface area contributed by atoms with Crippen LogP contribution in [0.4, 0.5) is 0 Å². The summed E-state index contributed by atoms with van der Waals surface area (Å²) >= 11 is 11.1. The fourth-order valence-electron chi connectivity index (χ4n) is 2.96. The van der Waals surface area contributed by atoms with Crippen molar-refractivity contribution in [3.05, 3.63) is 12.7 Å². The molecule has 2 nitrogen and oxygen atoms in total. The minimum absolute atomic E-state index is 0.304. The minimum atomic E-state index is -1.36. The maximum Gasteiger partial charge on any atom is 0.330 e. The van der Waals surface area contributed by atoms with Crippen LogP contribution in [0.1, 0.15) is 96.3 Å². The van der Waals surface area contributed by atoms with Crippen molar-refractivity contribution in [2.75, 3.05) is 6.61 Å². The monoisotopic (exact) mass is 574 g/mol. The highest BCUT2D eigenvalue weighted by Crippen LogP contribution is 2.33. The number of ether oxygens (including phenoxy) is 1. The van der Waals surface area contributed by atoms with E-state index in [4.69, 9.17) is 4.74 Å². The van der Waals surface area contributed by atoms with E-state index in [1.165, 1.54) is 95.6 Å². The number of hydrogen-bond acceptors (Lipinski definition) is 2. The van der Waals surface area contributed by atoms with Gasteiger partial charge in [-0.1, -0.05) is 142 Å². The van der Waals surface area contributed by atoms with E-state index in [-0.39, 0.29) is 5.97 Å². The normalized spacial score (nSPS) is 11.5. The average Bonchev–Trinajstić information content (AvgIpc) is 2.59. The summed E-state index contributed by atoms with van der Waals surface area (Å²) < 4.78 is 3.61. The fourth-order valence-corrected chi connectivity index (χ4v) is 6.13. The topological polar surface area (TPSA) is 26.3 Å². The van der Waals surface area contributed by atoms with Crippen molar-refractivity contribution < 1.29 is 9.53 Å². The van der Waals surface area contributed by atoms with Gasteiger partial charge in [-0.2, -0.15) is 0 Å². The highest BCUT2D eigenvalue weighted by Gasteiger charge is 2.20. The summed E-state index contributed by atoms with van der Waals surface area (Å²) in [6.07, 6.45) is 21.2. The first kappa shape index (κ1) is 26.9. The highest BCUT2D eigenvalue weighted by molar-refractivity contribution is 9.72. The van der Waals surface area contributed by atoms with Gasteiger partial charge in [-0.25, -0.2) is 4.79 Å². The molecule has 0 rings (SSSR count). The molecule has 0 saturated heterocycles. The van der Waals surface area contributed by atoms with Gasteiger partial charge in [0.15, 0.2) is 0 Å². The van der Waals surface area contributed by atoms with Crippen LogP contribution < -0.4 is 0 Å². The molecule has 0 bridgehead atoms. The number of rotatable bonds is 19. The van der Waals surface area contributed by atoms with Crippen LogP contribution in [0.3, 0.4) is 0 Å². The molecule has 0 atom stereocenters. The third-order valence-electron chi connectivity index (χ3n) is 4.52. The molecule has 0 aromatic rings. The molecule has 0 aliphatic carbocycles. The van der Waals surface area contributed by atoms with E-state index >= 15 is 0 Å². The number of unbranched alkanes of at least 4 members (excludes halogenated alkanes) is 14. The predicted octanol–water partition coefficient (Wildman–Crippen LogP) is 8.69. The van der Waals surface area contributed by atoms with Crippen LogP contribution in [0.5, 0.6) is 0 Å². The lowest BCUT2D eigenvalue weighted by atomic mass is 10.0. The molecule has 154 valence electrons. The van der Waals surface area contributed by atoms with Gasteiger partial charge in [0, 0.05) is 6.08 Å². The van der Waals surface area contributed by atoms with Crippen molar-refractivity contribution in [1.82, 2.24) is 0 Å². The van der Waals surface area contributed by atoms with Gasteiger partial charge in [-0.05, 0) is 12.5 Å². The van der Waals surface area contributed by atoms with E-state index in [0.29, 0.717) is 6.61 Å². The second-order valence-corrected chi connectivity index (χ2v) is 30.5. The van der Waals surface area contributed by atoms with Crippen LogP contribution in [0.25, 0.3) is 0 Å². The smallest absolute Gasteiger partial charge is 0.330 e. The average molecular weight is 577 g/mol. The van der Waals surface area contributed by atoms with Crippen LogP contribution in [-0.4, -0.2) is 16.5 Å². The van der Waals surface area contributed by atoms with Crippen LogP contribution in [0, 0.1) is 0 Å². The van der Waals surface area contributed by atoms with E-state index in [2.05, 4.69) is 52.5 Å². The Kier molecular flexibility index (Phi) is 19.8. The lowest BCUT2D eigenvalue weighted by Crippen LogP contribution is -2.04. The van der Waals surface area contributed by atoms with Crippen LogP contribution in [0.15, 0.2) is 12.7 Å². The van der Waals surface area contributed by atoms with Gasteiger partial charge in [0.25, 0.3) is 3.93 Å². The minimum Gasteiger partial charge on any atom is -0.463 e. The van der Waals surface area contributed by atoms with Crippen molar-refractivity contribution >= 4 is 55.8 Å². The number of carbonyl (C=O) groups excluding carboxylic acids is 1. The van der Waals surface area contributed by atoms with Crippen molar-refractivity contribution in [1.29, 1.82) is 0 Å². The zero-order valence-corrected chi connectivity index (χ0v) is 22.0. The quantitative estimate of drug-likeness (QED) is 0.0505. The Balaban J connectivity index is 3.07. The van der Waals surface area contributed by atoms with Gasteiger partial charge in [-0.3, -0.25) is 0 Å². The molecular weight excluding hydrogens is 540 g/mol. The molecule has 0 radical (unpaired) electrons. The summed E-state index contributed by atoms with van der Waals surface area (Å²) in [4.78, 5) is 10.9. The molecule has 0 spiro atoms. The maximum atomic E-state index is 10.9. The standard InChI is InChI=1S/C20H37Br3O2Si/c1-2-20(24)25-18-16-14-12-10-8-6-4-3-5-7-9-11-13-15-17-19-26(21,22)23/h2H,1,3-19H2. The van der Waals surface area contributed by atoms with Crippen molar-refractivity contribution in [2.45, 2.75) is 102 Å². The van der Waals surface area contributed by atoms with Gasteiger partial charge < -0.3 is 4.74 Å². The molecule has 0 aromatic carbocycles. The summed E-state index contributed by atoms with van der Waals surface area (Å²) in [5.74, 6) is -0.304. The molecule has 26 heavy (non-hydrogen) atoms. The second-order valence-electron chi connectivity index (χ2n) is 7.04. The van der Waals surface area contributed by atoms with Crippen molar-refractivity contribution in [2.24, 2.45) is 0 Å². The van der Waals surface area contributed by atoms with Crippen LogP contribution in [0.2, 0.25) is 6.04 Å². The summed E-state index contributed by atoms with van der Waals surface area (Å²) in [6, 6.07) is 1.26. The summed E-state index contributed by atoms with van der Waals surface area (Å²) in [6.45, 7) is 3.92. The van der Waals surface area contributed by atoms with Gasteiger partial charge >= 0.3 is 5.97 Å². The molecular formula is C20H37Br3O2Si. The Hall–Kier alpha value is 0.867. The number of carbonyl (C=O) groups is 1. The largest absolute Gasteiger partial charge is 0.463 e. The maximum absolute atomic E-state index is 10.9. The first-order chi connectivity index (χ1) is 12.5. The van der Waals surface area contributed by atoms with E-state index in [1.54, 1.807) is 0 Å². The molecule has 0 N–H and O–H groups in total. The zero-order valence-electron chi connectivity index (χ0n) is 16.3. The molecule has 0 saturated carbocycles. The van der Waals surface area contributed by atoms with E-state index < -0.39 is 3.93 Å². The van der Waals surface area contributed by atoms with E-state index in [0.717, 1.165) is 12.8 Å². The van der Waals surface area contributed by atoms with Crippen molar-refractivity contribution in [3.63, 3.8) is 0 Å². The Morgan fingerprint density at radius 1 is 0.692 bits per heavy atom. The molecule has 6 heteroatoms. The van der Waals surface area contributed by atoms with Gasteiger partial charge in [-0.15, -0.1) is 0 Å². The Labute approximate surface area is 186 Å². The van der Waals surface area contributed by atoms with Crippen LogP contribution in [-0.2, 0) is 9.53 Å². The van der Waals surface area contributed by atoms with Gasteiger partial charge in [0.1, 0.15) is 0 Å². The van der Waals surface area contributed by atoms with E-state index in [9.17, 15) is 4.79 Å². The molecule has 0 unspecified atom stereocenters. The molecule has 0 fully saturated rings. The molecule has 0 aliphatic heterocycles. The summed E-state index contributed by atoms with van der Waals surface area (Å²) in [5, 5.41) is 0. The van der Waals surface area contributed by atoms with Crippen molar-refractivity contribution in [3.8, 4) is 0 Å².